The summed E-state index contributed by atoms with van der Waals surface area (Å²) in [6.45, 7) is 2.03. The van der Waals surface area contributed by atoms with E-state index in [1.807, 2.05) is 12.1 Å². The molecule has 3 unspecified atom stereocenters. The number of fused-ring (bicyclic) bond motifs is 3. The van der Waals surface area contributed by atoms with Crippen molar-refractivity contribution in [1.29, 1.82) is 0 Å². The van der Waals surface area contributed by atoms with Gasteiger partial charge in [0.1, 0.15) is 11.6 Å². The molecule has 3 fully saturated rings. The van der Waals surface area contributed by atoms with Gasteiger partial charge in [0, 0.05) is 61.7 Å². The van der Waals surface area contributed by atoms with E-state index in [0.29, 0.717) is 17.0 Å². The summed E-state index contributed by atoms with van der Waals surface area (Å²) >= 11 is 36.6. The number of carbonyl (C=O) groups is 6. The van der Waals surface area contributed by atoms with E-state index in [1.165, 1.54) is 61.0 Å². The third-order valence-corrected chi connectivity index (χ3v) is 16.6. The van der Waals surface area contributed by atoms with E-state index in [4.69, 9.17) is 69.6 Å². The van der Waals surface area contributed by atoms with Gasteiger partial charge in [0.25, 0.3) is 17.7 Å². The quantitative estimate of drug-likeness (QED) is 0.0640. The lowest BCUT2D eigenvalue weighted by molar-refractivity contribution is -0.133. The third-order valence-electron chi connectivity index (χ3n) is 14.7. The minimum Gasteiger partial charge on any atom is -0.375 e. The van der Waals surface area contributed by atoms with Crippen molar-refractivity contribution in [1.82, 2.24) is 0 Å². The van der Waals surface area contributed by atoms with Crippen molar-refractivity contribution in [3.05, 3.63) is 183 Å². The Balaban J connectivity index is 0.000000132. The van der Waals surface area contributed by atoms with E-state index in [9.17, 15) is 52.9 Å². The van der Waals surface area contributed by atoms with Crippen LogP contribution in [0.5, 0.6) is 0 Å². The highest BCUT2D eigenvalue weighted by atomic mass is 35.5. The van der Waals surface area contributed by atoms with Crippen LogP contribution in [0.4, 0.5) is 31.5 Å². The highest BCUT2D eigenvalue weighted by molar-refractivity contribution is 6.40. The molecule has 4 heterocycles. The molecule has 0 radical (unpaired) electrons. The predicted molar refractivity (Wildman–Crippen MR) is 294 cm³/mol. The second-order valence-electron chi connectivity index (χ2n) is 20.0. The zero-order chi connectivity index (χ0) is 55.7. The SMILES string of the molecule is O=C(CC1(O)C(=O)Nc2c(Cl)ccc(Cl)c21)c1ccc(C2CC2)c(F)c1.O=C(CC1(O)C(=O)Nc2c(Cl)ccc(Cl)c21)c1ccc(C2CC2)cc1F.O=C(CC1(O)C(=O)Nc2c(Cl)ccc(Cl)c21)c1ccc(N2CCC2)cc1. The van der Waals surface area contributed by atoms with Crippen LogP contribution in [0, 0.1) is 11.6 Å². The molecule has 0 spiro atoms. The van der Waals surface area contributed by atoms with Crippen LogP contribution in [0.15, 0.2) is 97.1 Å². The lowest BCUT2D eigenvalue weighted by Crippen LogP contribution is -2.37. The number of Topliss-reactive ketones (excluding diaryl/α,β-unsaturated/α-hetero) is 3. The van der Waals surface area contributed by atoms with Gasteiger partial charge in [-0.05, 0) is 134 Å². The fraction of sp³-hybridized carbons (Fsp3) is 0.263. The van der Waals surface area contributed by atoms with Crippen molar-refractivity contribution < 1.29 is 52.9 Å². The Morgan fingerprint density at radius 1 is 0.500 bits per heavy atom. The normalized spacial score (nSPS) is 21.4. The van der Waals surface area contributed by atoms with Gasteiger partial charge in [-0.2, -0.15) is 0 Å². The highest BCUT2D eigenvalue weighted by Gasteiger charge is 2.52. The zero-order valence-electron chi connectivity index (χ0n) is 40.7. The van der Waals surface area contributed by atoms with Gasteiger partial charge in [-0.1, -0.05) is 87.8 Å². The molecule has 0 bridgehead atoms. The molecule has 1 saturated heterocycles. The average Bonchev–Trinajstić information content (AvgIpc) is 4.43. The number of hydrogen-bond donors (Lipinski definition) is 6. The van der Waals surface area contributed by atoms with E-state index in [-0.39, 0.29) is 86.7 Å². The minimum atomic E-state index is -2.20. The van der Waals surface area contributed by atoms with Crippen LogP contribution in [-0.4, -0.2) is 63.5 Å². The van der Waals surface area contributed by atoms with E-state index in [2.05, 4.69) is 20.9 Å². The van der Waals surface area contributed by atoms with Crippen molar-refractivity contribution in [3.8, 4) is 0 Å². The summed E-state index contributed by atoms with van der Waals surface area (Å²) in [5.41, 5.74) is -2.63. The number of nitrogens with zero attached hydrogens (tertiary/aromatic N) is 1. The summed E-state index contributed by atoms with van der Waals surface area (Å²) in [6, 6.07) is 24.8. The fourth-order valence-electron chi connectivity index (χ4n) is 10.0. The molecule has 6 aromatic carbocycles. The molecule has 78 heavy (non-hydrogen) atoms. The topological polar surface area (TPSA) is 202 Å². The molecular weight excluding hydrogens is 1140 g/mol. The van der Waals surface area contributed by atoms with Crippen molar-refractivity contribution >= 4 is 127 Å². The van der Waals surface area contributed by atoms with Crippen LogP contribution in [0.3, 0.4) is 0 Å². The fourth-order valence-corrected chi connectivity index (χ4v) is 11.6. The molecule has 2 aliphatic carbocycles. The van der Waals surface area contributed by atoms with Crippen LogP contribution in [-0.2, 0) is 31.2 Å². The molecule has 6 aromatic rings. The first-order chi connectivity index (χ1) is 37.0. The molecule has 13 nitrogen and oxygen atoms in total. The maximum Gasteiger partial charge on any atom is 0.261 e. The molecule has 3 atom stereocenters. The first-order valence-corrected chi connectivity index (χ1v) is 26.9. The maximum absolute atomic E-state index is 14.4. The van der Waals surface area contributed by atoms with Gasteiger partial charge in [0.2, 0.25) is 0 Å². The van der Waals surface area contributed by atoms with E-state index >= 15 is 0 Å². The van der Waals surface area contributed by atoms with Crippen molar-refractivity contribution in [3.63, 3.8) is 0 Å². The highest BCUT2D eigenvalue weighted by Crippen LogP contribution is 2.50. The molecule has 402 valence electrons. The Hall–Kier alpha value is -5.98. The summed E-state index contributed by atoms with van der Waals surface area (Å²) in [5.74, 6) is -4.42. The van der Waals surface area contributed by atoms with Gasteiger partial charge in [0.15, 0.2) is 34.2 Å². The Kier molecular flexibility index (Phi) is 15.1. The number of halogens is 8. The number of carbonyl (C=O) groups excluding carboxylic acids is 6. The van der Waals surface area contributed by atoms with E-state index in [1.54, 1.807) is 24.3 Å². The van der Waals surface area contributed by atoms with Crippen LogP contribution < -0.4 is 20.9 Å². The number of aliphatic hydroxyl groups is 3. The Labute approximate surface area is 474 Å². The standard InChI is InChI=1S/2C19H14Cl2FNO3.C19H16Cl2N2O3/c20-12-5-6-13(21)17-16(12)19(26,18(25)23-17)8-15(24)10-3-4-11(9-1-2-9)14(22)7-10;20-12-5-6-13(21)17-16(12)19(26,18(25)23-17)8-15(24)11-4-3-10(7-14(11)22)9-1-2-9;20-13-6-7-14(21)17-16(13)19(26,18(25)22-17)10-15(24)11-2-4-12(5-3-11)23-8-1-9-23/h2*3-7,9,26H,1-2,8H2,(H,23,25);2-7,26H,1,8-10H2,(H,22,25). The summed E-state index contributed by atoms with van der Waals surface area (Å²) in [7, 11) is 0. The van der Waals surface area contributed by atoms with Crippen molar-refractivity contribution in [2.45, 2.75) is 80.0 Å². The average molecular weight is 1180 g/mol. The van der Waals surface area contributed by atoms with E-state index < -0.39 is 77.0 Å². The molecule has 3 amide bonds. The Morgan fingerprint density at radius 3 is 1.31 bits per heavy atom. The molecular formula is C57H44Cl6F2N4O9. The largest absolute Gasteiger partial charge is 0.375 e. The summed E-state index contributed by atoms with van der Waals surface area (Å²) in [4.78, 5) is 77.2. The molecule has 4 aliphatic heterocycles. The minimum absolute atomic E-state index is 0.0417. The molecule has 2 saturated carbocycles. The number of anilines is 4. The van der Waals surface area contributed by atoms with E-state index in [0.717, 1.165) is 56.1 Å². The maximum atomic E-state index is 14.4. The number of ketones is 3. The van der Waals surface area contributed by atoms with Crippen LogP contribution in [0.25, 0.3) is 0 Å². The molecule has 12 rings (SSSR count). The molecule has 6 N–H and O–H groups in total. The number of benzene rings is 6. The van der Waals surface area contributed by atoms with Crippen molar-refractivity contribution in [2.75, 3.05) is 33.9 Å². The molecule has 21 heteroatoms. The van der Waals surface area contributed by atoms with Gasteiger partial charge in [-0.25, -0.2) is 8.78 Å². The van der Waals surface area contributed by atoms with Gasteiger partial charge in [-0.15, -0.1) is 0 Å². The van der Waals surface area contributed by atoms with Gasteiger partial charge in [-0.3, -0.25) is 28.8 Å². The number of rotatable bonds is 12. The smallest absolute Gasteiger partial charge is 0.261 e. The monoisotopic (exact) mass is 1180 g/mol. The van der Waals surface area contributed by atoms with Crippen molar-refractivity contribution in [2.24, 2.45) is 0 Å². The third kappa shape index (κ3) is 10.3. The Morgan fingerprint density at radius 2 is 0.910 bits per heavy atom. The summed E-state index contributed by atoms with van der Waals surface area (Å²) < 4.78 is 28.6. The second kappa shape index (κ2) is 21.2. The number of hydrogen-bond acceptors (Lipinski definition) is 10. The summed E-state index contributed by atoms with van der Waals surface area (Å²) in [6.07, 6.45) is 3.49. The first kappa shape index (κ1) is 55.3. The number of nitrogens with one attached hydrogen (secondary N) is 3. The second-order valence-corrected chi connectivity index (χ2v) is 22.4. The zero-order valence-corrected chi connectivity index (χ0v) is 45.3. The van der Waals surface area contributed by atoms with Gasteiger partial charge < -0.3 is 36.2 Å². The molecule has 6 aliphatic rings. The lowest BCUT2D eigenvalue weighted by atomic mass is 9.87. The number of amides is 3. The van der Waals surface area contributed by atoms with Crippen LogP contribution in [0.2, 0.25) is 30.1 Å². The predicted octanol–water partition coefficient (Wildman–Crippen LogP) is 12.5. The van der Waals surface area contributed by atoms with Gasteiger partial charge >= 0.3 is 0 Å². The summed E-state index contributed by atoms with van der Waals surface area (Å²) in [5, 5.41) is 41.3. The lowest BCUT2D eigenvalue weighted by Gasteiger charge is -2.33. The molecule has 0 aromatic heterocycles. The van der Waals surface area contributed by atoms with Crippen LogP contribution in [0.1, 0.15) is 122 Å². The van der Waals surface area contributed by atoms with Crippen LogP contribution >= 0.6 is 69.6 Å². The first-order valence-electron chi connectivity index (χ1n) is 24.6. The van der Waals surface area contributed by atoms with Gasteiger partial charge in [0.05, 0.1) is 57.0 Å². The Bertz CT molecular complexity index is 3560.